The lowest BCUT2D eigenvalue weighted by Crippen LogP contribution is -2.22. The van der Waals surface area contributed by atoms with Crippen LogP contribution in [0.25, 0.3) is 10.7 Å². The van der Waals surface area contributed by atoms with Gasteiger partial charge in [-0.2, -0.15) is 0 Å². The third kappa shape index (κ3) is 4.50. The minimum absolute atomic E-state index is 0.253. The summed E-state index contributed by atoms with van der Waals surface area (Å²) >= 11 is 3.31. The van der Waals surface area contributed by atoms with E-state index in [1.165, 1.54) is 31.2 Å². The molecule has 10 heteroatoms. The second-order valence-corrected chi connectivity index (χ2v) is 11.0. The van der Waals surface area contributed by atoms with E-state index in [2.05, 4.69) is 26.2 Å². The molecule has 0 spiro atoms. The van der Waals surface area contributed by atoms with Crippen LogP contribution >= 0.6 is 23.1 Å². The van der Waals surface area contributed by atoms with E-state index in [4.69, 9.17) is 4.74 Å². The van der Waals surface area contributed by atoms with E-state index in [1.54, 1.807) is 47.4 Å². The molecule has 0 atom stereocenters. The first-order chi connectivity index (χ1) is 14.0. The van der Waals surface area contributed by atoms with Gasteiger partial charge in [-0.25, -0.2) is 12.7 Å². The highest BCUT2D eigenvalue weighted by Crippen LogP contribution is 2.41. The molecule has 3 aromatic rings. The molecule has 154 valence electrons. The first kappa shape index (κ1) is 20.4. The lowest BCUT2D eigenvalue weighted by Gasteiger charge is -2.12. The highest BCUT2D eigenvalue weighted by Gasteiger charge is 2.30. The van der Waals surface area contributed by atoms with E-state index in [-0.39, 0.29) is 4.90 Å². The summed E-state index contributed by atoms with van der Waals surface area (Å²) in [4.78, 5) is 1.39. The summed E-state index contributed by atoms with van der Waals surface area (Å²) in [6.07, 6.45) is 2.34. The van der Waals surface area contributed by atoms with Gasteiger partial charge in [0.05, 0.1) is 16.4 Å². The average Bonchev–Trinajstić information content (AvgIpc) is 3.23. The number of ether oxygens (including phenoxy) is 1. The predicted molar refractivity (Wildman–Crippen MR) is 115 cm³/mol. The molecule has 0 saturated heterocycles. The van der Waals surface area contributed by atoms with Gasteiger partial charge in [-0.1, -0.05) is 17.8 Å². The van der Waals surface area contributed by atoms with Crippen LogP contribution in [0.1, 0.15) is 18.9 Å². The molecule has 1 saturated carbocycles. The standard InChI is InChI=1S/C19H22N4O3S3/c1-22(2)29(24,25)16-9-7-15(8-10-16)26-11-13-28-19-21-20-18(17-4-3-12-27-17)23(19)14-5-6-14/h3-4,7-10,12,14H,5-6,11,13H2,1-2H3. The predicted octanol–water partition coefficient (Wildman–Crippen LogP) is 3.76. The Morgan fingerprint density at radius 1 is 1.21 bits per heavy atom. The smallest absolute Gasteiger partial charge is 0.242 e. The fourth-order valence-corrected chi connectivity index (χ4v) is 5.25. The highest BCUT2D eigenvalue weighted by atomic mass is 32.2. The largest absolute Gasteiger partial charge is 0.493 e. The van der Waals surface area contributed by atoms with E-state index >= 15 is 0 Å². The van der Waals surface area contributed by atoms with Crippen LogP contribution in [0.2, 0.25) is 0 Å². The minimum atomic E-state index is -3.42. The van der Waals surface area contributed by atoms with Crippen LogP contribution < -0.4 is 4.74 Å². The van der Waals surface area contributed by atoms with Crippen LogP contribution in [0, 0.1) is 0 Å². The van der Waals surface area contributed by atoms with Crippen LogP contribution in [0.15, 0.2) is 51.8 Å². The molecule has 0 N–H and O–H groups in total. The SMILES string of the molecule is CN(C)S(=O)(=O)c1ccc(OCCSc2nnc(-c3cccs3)n2C2CC2)cc1. The maximum absolute atomic E-state index is 12.1. The van der Waals surface area contributed by atoms with Crippen molar-refractivity contribution in [3.63, 3.8) is 0 Å². The van der Waals surface area contributed by atoms with Crippen LogP contribution in [-0.4, -0.2) is 53.9 Å². The summed E-state index contributed by atoms with van der Waals surface area (Å²) in [6, 6.07) is 11.1. The van der Waals surface area contributed by atoms with Crippen LogP contribution in [0.4, 0.5) is 0 Å². The molecule has 0 amide bonds. The third-order valence-corrected chi connectivity index (χ3v) is 8.11. The van der Waals surface area contributed by atoms with Crippen LogP contribution in [0.3, 0.4) is 0 Å². The highest BCUT2D eigenvalue weighted by molar-refractivity contribution is 7.99. The number of sulfonamides is 1. The Bertz CT molecular complexity index is 1060. The Balaban J connectivity index is 1.35. The van der Waals surface area contributed by atoms with Crippen LogP contribution in [0.5, 0.6) is 5.75 Å². The van der Waals surface area contributed by atoms with Crippen molar-refractivity contribution >= 4 is 33.1 Å². The molecule has 1 fully saturated rings. The quantitative estimate of drug-likeness (QED) is 0.365. The number of thiophene rings is 1. The molecule has 0 aliphatic heterocycles. The molecule has 1 aromatic carbocycles. The van der Waals surface area contributed by atoms with Crippen molar-refractivity contribution in [3.05, 3.63) is 41.8 Å². The van der Waals surface area contributed by atoms with Gasteiger partial charge in [-0.15, -0.1) is 21.5 Å². The third-order valence-electron chi connectivity index (χ3n) is 4.50. The summed E-state index contributed by atoms with van der Waals surface area (Å²) in [7, 11) is -0.392. The fraction of sp³-hybridized carbons (Fsp3) is 0.368. The summed E-state index contributed by atoms with van der Waals surface area (Å²) in [5.41, 5.74) is 0. The summed E-state index contributed by atoms with van der Waals surface area (Å²) in [6.45, 7) is 0.496. The number of rotatable bonds is 9. The van der Waals surface area contributed by atoms with E-state index in [1.807, 2.05) is 6.07 Å². The summed E-state index contributed by atoms with van der Waals surface area (Å²) in [5.74, 6) is 2.32. The van der Waals surface area contributed by atoms with Gasteiger partial charge in [-0.3, -0.25) is 4.57 Å². The summed E-state index contributed by atoms with van der Waals surface area (Å²) < 4.78 is 33.4. The normalized spacial score (nSPS) is 14.4. The van der Waals surface area contributed by atoms with Gasteiger partial charge in [-0.05, 0) is 48.6 Å². The number of aromatic nitrogens is 3. The first-order valence-corrected chi connectivity index (χ1v) is 12.5. The molecular weight excluding hydrogens is 428 g/mol. The monoisotopic (exact) mass is 450 g/mol. The number of nitrogens with zero attached hydrogens (tertiary/aromatic N) is 4. The molecule has 7 nitrogen and oxygen atoms in total. The molecule has 2 aromatic heterocycles. The fourth-order valence-electron chi connectivity index (χ4n) is 2.82. The Kier molecular flexibility index (Phi) is 5.95. The number of hydrogen-bond donors (Lipinski definition) is 0. The zero-order valence-corrected chi connectivity index (χ0v) is 18.6. The molecule has 29 heavy (non-hydrogen) atoms. The zero-order chi connectivity index (χ0) is 20.4. The Labute approximate surface area is 178 Å². The van der Waals surface area contributed by atoms with Gasteiger partial charge < -0.3 is 4.74 Å². The average molecular weight is 451 g/mol. The molecular formula is C19H22N4O3S3. The molecule has 1 aliphatic carbocycles. The molecule has 1 aliphatic rings. The summed E-state index contributed by atoms with van der Waals surface area (Å²) in [5, 5.41) is 11.8. The lowest BCUT2D eigenvalue weighted by molar-refractivity contribution is 0.343. The van der Waals surface area contributed by atoms with Crippen molar-refractivity contribution in [1.29, 1.82) is 0 Å². The van der Waals surface area contributed by atoms with Gasteiger partial charge in [0.1, 0.15) is 5.75 Å². The molecule has 4 rings (SSSR count). The molecule has 0 unspecified atom stereocenters. The topological polar surface area (TPSA) is 77.3 Å². The van der Waals surface area contributed by atoms with Crippen molar-refractivity contribution in [2.24, 2.45) is 0 Å². The number of hydrogen-bond acceptors (Lipinski definition) is 7. The van der Waals surface area contributed by atoms with Crippen molar-refractivity contribution in [1.82, 2.24) is 19.1 Å². The Morgan fingerprint density at radius 3 is 2.59 bits per heavy atom. The van der Waals surface area contributed by atoms with Crippen LogP contribution in [-0.2, 0) is 10.0 Å². The van der Waals surface area contributed by atoms with E-state index in [0.717, 1.165) is 21.6 Å². The second-order valence-electron chi connectivity index (χ2n) is 6.84. The van der Waals surface area contributed by atoms with Crippen molar-refractivity contribution in [2.45, 2.75) is 28.9 Å². The van der Waals surface area contributed by atoms with Crippen molar-refractivity contribution < 1.29 is 13.2 Å². The van der Waals surface area contributed by atoms with E-state index in [9.17, 15) is 8.42 Å². The van der Waals surface area contributed by atoms with Gasteiger partial charge in [0.2, 0.25) is 10.0 Å². The van der Waals surface area contributed by atoms with Crippen molar-refractivity contribution in [2.75, 3.05) is 26.5 Å². The Morgan fingerprint density at radius 2 is 1.97 bits per heavy atom. The molecule has 0 bridgehead atoms. The van der Waals surface area contributed by atoms with Gasteiger partial charge in [0.15, 0.2) is 11.0 Å². The second kappa shape index (κ2) is 8.47. The zero-order valence-electron chi connectivity index (χ0n) is 16.2. The van der Waals surface area contributed by atoms with E-state index < -0.39 is 10.0 Å². The van der Waals surface area contributed by atoms with E-state index in [0.29, 0.717) is 18.4 Å². The maximum atomic E-state index is 12.1. The molecule has 0 radical (unpaired) electrons. The van der Waals surface area contributed by atoms with Gasteiger partial charge in [0.25, 0.3) is 0 Å². The first-order valence-electron chi connectivity index (χ1n) is 9.24. The minimum Gasteiger partial charge on any atom is -0.493 e. The maximum Gasteiger partial charge on any atom is 0.242 e. The molecule has 2 heterocycles. The van der Waals surface area contributed by atoms with Crippen molar-refractivity contribution in [3.8, 4) is 16.5 Å². The lowest BCUT2D eigenvalue weighted by atomic mass is 10.3. The number of benzene rings is 1. The van der Waals surface area contributed by atoms with Gasteiger partial charge in [0, 0.05) is 25.9 Å². The Hall–Kier alpha value is -1.88. The number of thioether (sulfide) groups is 1. The van der Waals surface area contributed by atoms with Gasteiger partial charge >= 0.3 is 0 Å².